The van der Waals surface area contributed by atoms with Crippen molar-refractivity contribution in [1.29, 1.82) is 0 Å². The van der Waals surface area contributed by atoms with Crippen LogP contribution in [0.3, 0.4) is 0 Å². The summed E-state index contributed by atoms with van der Waals surface area (Å²) in [4.78, 5) is 11.5. The zero-order valence-electron chi connectivity index (χ0n) is 11.9. The molecule has 1 aromatic heterocycles. The second-order valence-electron chi connectivity index (χ2n) is 5.41. The Morgan fingerprint density at radius 2 is 2.26 bits per heavy atom. The number of carbonyl (C=O) groups excluding carboxylic acids is 1. The van der Waals surface area contributed by atoms with Crippen LogP contribution in [0.1, 0.15) is 43.9 Å². The third-order valence-corrected chi connectivity index (χ3v) is 4.01. The van der Waals surface area contributed by atoms with Crippen LogP contribution in [0.4, 0.5) is 0 Å². The van der Waals surface area contributed by atoms with Crippen molar-refractivity contribution in [3.8, 4) is 0 Å². The van der Waals surface area contributed by atoms with E-state index in [1.807, 2.05) is 17.9 Å². The number of hydrogen-bond acceptors (Lipinski definition) is 3. The van der Waals surface area contributed by atoms with Gasteiger partial charge in [-0.15, -0.1) is 0 Å². The molecule has 5 heteroatoms. The maximum Gasteiger partial charge on any atom is 0.222 e. The Balaban J connectivity index is 1.98. The number of aromatic nitrogens is 2. The van der Waals surface area contributed by atoms with Gasteiger partial charge in [0.1, 0.15) is 0 Å². The number of primary amides is 1. The fourth-order valence-electron chi connectivity index (χ4n) is 2.99. The minimum atomic E-state index is -0.167. The van der Waals surface area contributed by atoms with Gasteiger partial charge < -0.3 is 11.1 Å². The van der Waals surface area contributed by atoms with Crippen LogP contribution in [0.5, 0.6) is 0 Å². The molecule has 1 amide bonds. The predicted molar refractivity (Wildman–Crippen MR) is 74.4 cm³/mol. The van der Waals surface area contributed by atoms with Crippen molar-refractivity contribution in [3.63, 3.8) is 0 Å². The molecule has 3 N–H and O–H groups in total. The second-order valence-corrected chi connectivity index (χ2v) is 5.41. The molecule has 0 unspecified atom stereocenters. The van der Waals surface area contributed by atoms with E-state index in [2.05, 4.69) is 17.3 Å². The Bertz CT molecular complexity index is 441. The normalized spacial score (nSPS) is 23.5. The fraction of sp³-hybridized carbons (Fsp3) is 0.714. The van der Waals surface area contributed by atoms with Crippen LogP contribution < -0.4 is 11.1 Å². The van der Waals surface area contributed by atoms with Crippen molar-refractivity contribution in [1.82, 2.24) is 15.1 Å². The first kappa shape index (κ1) is 14.1. The molecule has 1 aliphatic rings. The molecule has 1 heterocycles. The standard InChI is InChI=1S/C14H24N4O/c1-3-12-10(9-18(2)17-12)8-16-13-7-5-4-6-11(13)14(15)19/h9,11,13,16H,3-8H2,1-2H3,(H2,15,19)/t11-,13+/m0/s1. The molecule has 2 rings (SSSR count). The van der Waals surface area contributed by atoms with E-state index in [-0.39, 0.29) is 17.9 Å². The lowest BCUT2D eigenvalue weighted by Gasteiger charge is -2.30. The third kappa shape index (κ3) is 3.35. The summed E-state index contributed by atoms with van der Waals surface area (Å²) in [6.45, 7) is 2.88. The van der Waals surface area contributed by atoms with Crippen LogP contribution in [0, 0.1) is 5.92 Å². The van der Waals surface area contributed by atoms with Crippen LogP contribution in [-0.4, -0.2) is 21.7 Å². The number of hydrogen-bond donors (Lipinski definition) is 2. The lowest BCUT2D eigenvalue weighted by atomic mass is 9.84. The number of nitrogens with two attached hydrogens (primary N) is 1. The van der Waals surface area contributed by atoms with Gasteiger partial charge in [-0.1, -0.05) is 19.8 Å². The highest BCUT2D eigenvalue weighted by Gasteiger charge is 2.29. The topological polar surface area (TPSA) is 72.9 Å². The van der Waals surface area contributed by atoms with Gasteiger partial charge in [0, 0.05) is 31.4 Å². The average molecular weight is 264 g/mol. The summed E-state index contributed by atoms with van der Waals surface area (Å²) in [5.74, 6) is -0.186. The lowest BCUT2D eigenvalue weighted by Crippen LogP contribution is -2.44. The molecule has 0 radical (unpaired) electrons. The Morgan fingerprint density at radius 1 is 1.53 bits per heavy atom. The Labute approximate surface area is 114 Å². The first-order valence-electron chi connectivity index (χ1n) is 7.16. The van der Waals surface area contributed by atoms with Crippen LogP contribution in [0.25, 0.3) is 0 Å². The minimum Gasteiger partial charge on any atom is -0.369 e. The average Bonchev–Trinajstić information content (AvgIpc) is 2.77. The van der Waals surface area contributed by atoms with E-state index in [4.69, 9.17) is 5.73 Å². The predicted octanol–water partition coefficient (Wildman–Crippen LogP) is 1.12. The number of nitrogens with zero attached hydrogens (tertiary/aromatic N) is 2. The van der Waals surface area contributed by atoms with E-state index in [9.17, 15) is 4.79 Å². The molecule has 1 fully saturated rings. The Morgan fingerprint density at radius 3 is 2.95 bits per heavy atom. The zero-order valence-corrected chi connectivity index (χ0v) is 11.9. The largest absolute Gasteiger partial charge is 0.369 e. The van der Waals surface area contributed by atoms with Crippen molar-refractivity contribution in [2.24, 2.45) is 18.7 Å². The van der Waals surface area contributed by atoms with Gasteiger partial charge in [0.2, 0.25) is 5.91 Å². The Hall–Kier alpha value is -1.36. The number of rotatable bonds is 5. The number of carbonyl (C=O) groups is 1. The molecule has 1 aliphatic carbocycles. The van der Waals surface area contributed by atoms with Crippen LogP contribution in [0.15, 0.2) is 6.20 Å². The monoisotopic (exact) mass is 264 g/mol. The number of aryl methyl sites for hydroxylation is 2. The highest BCUT2D eigenvalue weighted by molar-refractivity contribution is 5.77. The van der Waals surface area contributed by atoms with E-state index in [1.165, 1.54) is 12.0 Å². The number of amides is 1. The maximum atomic E-state index is 11.5. The summed E-state index contributed by atoms with van der Waals surface area (Å²) < 4.78 is 1.85. The van der Waals surface area contributed by atoms with Crippen molar-refractivity contribution >= 4 is 5.91 Å². The zero-order chi connectivity index (χ0) is 13.8. The molecule has 1 aromatic rings. The molecule has 19 heavy (non-hydrogen) atoms. The fourth-order valence-corrected chi connectivity index (χ4v) is 2.99. The molecule has 0 spiro atoms. The van der Waals surface area contributed by atoms with Gasteiger partial charge in [0.05, 0.1) is 11.6 Å². The summed E-state index contributed by atoms with van der Waals surface area (Å²) in [5.41, 5.74) is 7.84. The van der Waals surface area contributed by atoms with E-state index >= 15 is 0 Å². The van der Waals surface area contributed by atoms with Crippen LogP contribution >= 0.6 is 0 Å². The Kier molecular flexibility index (Phi) is 4.58. The third-order valence-electron chi connectivity index (χ3n) is 4.01. The first-order valence-corrected chi connectivity index (χ1v) is 7.16. The molecule has 5 nitrogen and oxygen atoms in total. The summed E-state index contributed by atoms with van der Waals surface area (Å²) in [7, 11) is 1.94. The number of nitrogens with one attached hydrogen (secondary N) is 1. The van der Waals surface area contributed by atoms with Crippen LogP contribution in [-0.2, 0) is 24.8 Å². The van der Waals surface area contributed by atoms with Crippen LogP contribution in [0.2, 0.25) is 0 Å². The molecule has 0 aromatic carbocycles. The molecule has 2 atom stereocenters. The van der Waals surface area contributed by atoms with Gasteiger partial charge in [0.25, 0.3) is 0 Å². The second kappa shape index (κ2) is 6.19. The van der Waals surface area contributed by atoms with Gasteiger partial charge in [-0.25, -0.2) is 0 Å². The minimum absolute atomic E-state index is 0.0181. The van der Waals surface area contributed by atoms with Gasteiger partial charge >= 0.3 is 0 Å². The van der Waals surface area contributed by atoms with E-state index in [0.717, 1.165) is 37.9 Å². The first-order chi connectivity index (χ1) is 9.11. The highest BCUT2D eigenvalue weighted by atomic mass is 16.1. The molecule has 0 aliphatic heterocycles. The summed E-state index contributed by atoms with van der Waals surface area (Å²) in [5, 5.41) is 7.94. The molecule has 1 saturated carbocycles. The summed E-state index contributed by atoms with van der Waals surface area (Å²) in [6.07, 6.45) is 7.22. The van der Waals surface area contributed by atoms with Gasteiger partial charge in [-0.3, -0.25) is 9.48 Å². The van der Waals surface area contributed by atoms with E-state index < -0.39 is 0 Å². The summed E-state index contributed by atoms with van der Waals surface area (Å²) >= 11 is 0. The highest BCUT2D eigenvalue weighted by Crippen LogP contribution is 2.24. The van der Waals surface area contributed by atoms with Crippen molar-refractivity contribution < 1.29 is 4.79 Å². The lowest BCUT2D eigenvalue weighted by molar-refractivity contribution is -0.123. The van der Waals surface area contributed by atoms with Crippen molar-refractivity contribution in [2.75, 3.05) is 0 Å². The SMILES string of the molecule is CCc1nn(C)cc1CN[C@@H]1CCCC[C@@H]1C(N)=O. The molecular weight excluding hydrogens is 240 g/mol. The maximum absolute atomic E-state index is 11.5. The van der Waals surface area contributed by atoms with Gasteiger partial charge in [0.15, 0.2) is 0 Å². The van der Waals surface area contributed by atoms with E-state index in [1.54, 1.807) is 0 Å². The van der Waals surface area contributed by atoms with Gasteiger partial charge in [-0.2, -0.15) is 5.10 Å². The molecular formula is C14H24N4O. The molecule has 0 bridgehead atoms. The smallest absolute Gasteiger partial charge is 0.222 e. The van der Waals surface area contributed by atoms with Crippen molar-refractivity contribution in [3.05, 3.63) is 17.5 Å². The van der Waals surface area contributed by atoms with Crippen molar-refractivity contribution in [2.45, 2.75) is 51.6 Å². The van der Waals surface area contributed by atoms with E-state index in [0.29, 0.717) is 0 Å². The molecule has 0 saturated heterocycles. The summed E-state index contributed by atoms with van der Waals surface area (Å²) in [6, 6.07) is 0.219. The quantitative estimate of drug-likeness (QED) is 0.837. The van der Waals surface area contributed by atoms with Gasteiger partial charge in [-0.05, 0) is 19.3 Å². The molecule has 106 valence electrons.